The second-order valence-corrected chi connectivity index (χ2v) is 10.3. The molecular formula is C30H43N6O+. The molecule has 7 nitrogen and oxygen atoms in total. The van der Waals surface area contributed by atoms with Gasteiger partial charge in [0, 0.05) is 24.0 Å². The van der Waals surface area contributed by atoms with Gasteiger partial charge in [-0.2, -0.15) is 0 Å². The summed E-state index contributed by atoms with van der Waals surface area (Å²) in [5.74, 6) is -0.0888. The largest absolute Gasteiger partial charge is 0.376 e. The molecule has 3 rings (SSSR count). The number of nitrogens with zero attached hydrogens (tertiary/aromatic N) is 2. The topological polar surface area (TPSA) is 78.1 Å². The molecule has 1 amide bonds. The van der Waals surface area contributed by atoms with E-state index in [1.54, 1.807) is 6.20 Å². The van der Waals surface area contributed by atoms with E-state index in [0.717, 1.165) is 53.6 Å². The smallest absolute Gasteiger partial charge is 0.246 e. The van der Waals surface area contributed by atoms with Crippen LogP contribution in [0, 0.1) is 0 Å². The molecule has 0 aliphatic carbocycles. The van der Waals surface area contributed by atoms with Gasteiger partial charge in [-0.1, -0.05) is 55.1 Å². The van der Waals surface area contributed by atoms with Gasteiger partial charge in [-0.15, -0.1) is 0 Å². The van der Waals surface area contributed by atoms with Crippen molar-refractivity contribution in [3.05, 3.63) is 84.7 Å². The Morgan fingerprint density at radius 3 is 2.43 bits per heavy atom. The van der Waals surface area contributed by atoms with Crippen LogP contribution in [-0.2, 0) is 11.2 Å². The molecule has 0 saturated heterocycles. The number of benzene rings is 2. The minimum atomic E-state index is -0.429. The van der Waals surface area contributed by atoms with Gasteiger partial charge in [-0.25, -0.2) is 0 Å². The number of fused-ring (bicyclic) bond motifs is 1. The molecule has 2 atom stereocenters. The van der Waals surface area contributed by atoms with E-state index < -0.39 is 6.04 Å². The van der Waals surface area contributed by atoms with E-state index >= 15 is 0 Å². The zero-order chi connectivity index (χ0) is 26.7. The monoisotopic (exact) mass is 503 g/mol. The Labute approximate surface area is 222 Å². The summed E-state index contributed by atoms with van der Waals surface area (Å²) >= 11 is 0. The molecule has 0 saturated carbocycles. The first-order valence-electron chi connectivity index (χ1n) is 13.1. The van der Waals surface area contributed by atoms with Crippen LogP contribution in [0.15, 0.2) is 79.1 Å². The lowest BCUT2D eigenvalue weighted by atomic mass is 10.0. The van der Waals surface area contributed by atoms with Gasteiger partial charge >= 0.3 is 0 Å². The number of anilines is 1. The third-order valence-electron chi connectivity index (χ3n) is 6.86. The average Bonchev–Trinajstić information content (AvgIpc) is 2.90. The molecule has 1 heterocycles. The highest BCUT2D eigenvalue weighted by atomic mass is 16.2. The fourth-order valence-corrected chi connectivity index (χ4v) is 4.42. The van der Waals surface area contributed by atoms with Gasteiger partial charge in [0.25, 0.3) is 0 Å². The lowest BCUT2D eigenvalue weighted by molar-refractivity contribution is -0.889. The van der Waals surface area contributed by atoms with Gasteiger partial charge in [-0.05, 0) is 44.6 Å². The molecule has 0 spiro atoms. The highest BCUT2D eigenvalue weighted by Gasteiger charge is 2.24. The molecule has 0 fully saturated rings. The van der Waals surface area contributed by atoms with Crippen LogP contribution in [-0.4, -0.2) is 75.3 Å². The molecule has 0 radical (unpaired) electrons. The molecule has 37 heavy (non-hydrogen) atoms. The Hall–Kier alpha value is -3.26. The molecule has 4 N–H and O–H groups in total. The zero-order valence-corrected chi connectivity index (χ0v) is 22.8. The van der Waals surface area contributed by atoms with Crippen molar-refractivity contribution in [1.82, 2.24) is 20.9 Å². The van der Waals surface area contributed by atoms with Crippen LogP contribution in [0.4, 0.5) is 5.69 Å². The molecule has 3 aromatic rings. The Kier molecular flexibility index (Phi) is 10.6. The highest BCUT2D eigenvalue weighted by molar-refractivity contribution is 5.96. The van der Waals surface area contributed by atoms with Crippen molar-refractivity contribution in [2.45, 2.75) is 31.3 Å². The second kappa shape index (κ2) is 13.9. The van der Waals surface area contributed by atoms with Crippen LogP contribution in [0.5, 0.6) is 0 Å². The molecule has 0 bridgehead atoms. The van der Waals surface area contributed by atoms with Crippen LogP contribution < -0.4 is 21.3 Å². The number of carbonyl (C=O) groups is 1. The van der Waals surface area contributed by atoms with Crippen LogP contribution >= 0.6 is 0 Å². The Morgan fingerprint density at radius 1 is 0.973 bits per heavy atom. The molecule has 1 unspecified atom stereocenters. The standard InChI is InChI=1S/C30H42N6O/c1-23(27(32-3)17-19-36(4,5)20-18-31-2)34-29(16-15-24-11-7-6-8-12-24)30(37)35-26-21-25-13-9-10-14-28(25)33-22-26/h6-14,21-22,27,29,31-32,34H,1,15-20H2,2-5H3/p+1/t27?,29-/m1/s1. The van der Waals surface area contributed by atoms with E-state index in [-0.39, 0.29) is 11.9 Å². The van der Waals surface area contributed by atoms with Gasteiger partial charge < -0.3 is 25.8 Å². The van der Waals surface area contributed by atoms with Gasteiger partial charge in [0.2, 0.25) is 5.91 Å². The van der Waals surface area contributed by atoms with Crippen molar-refractivity contribution < 1.29 is 9.28 Å². The average molecular weight is 504 g/mol. The summed E-state index contributed by atoms with van der Waals surface area (Å²) in [5.41, 5.74) is 3.63. The minimum Gasteiger partial charge on any atom is -0.376 e. The first-order valence-corrected chi connectivity index (χ1v) is 13.1. The van der Waals surface area contributed by atoms with Crippen LogP contribution in [0.3, 0.4) is 0 Å². The minimum absolute atomic E-state index is 0.0568. The number of nitrogens with one attached hydrogen (secondary N) is 4. The first-order chi connectivity index (χ1) is 17.8. The van der Waals surface area contributed by atoms with Gasteiger partial charge in [-0.3, -0.25) is 9.78 Å². The summed E-state index contributed by atoms with van der Waals surface area (Å²) in [6.45, 7) is 7.35. The normalized spacial score (nSPS) is 13.2. The molecule has 1 aromatic heterocycles. The van der Waals surface area contributed by atoms with Crippen LogP contribution in [0.25, 0.3) is 10.9 Å². The first kappa shape index (κ1) is 28.3. The van der Waals surface area contributed by atoms with E-state index in [1.807, 2.05) is 62.6 Å². The van der Waals surface area contributed by atoms with E-state index in [4.69, 9.17) is 0 Å². The maximum absolute atomic E-state index is 13.5. The summed E-state index contributed by atoms with van der Waals surface area (Å²) in [6.07, 6.45) is 4.06. The fraction of sp³-hybridized carbons (Fsp3) is 0.400. The van der Waals surface area contributed by atoms with Crippen molar-refractivity contribution in [2.75, 3.05) is 53.1 Å². The lowest BCUT2D eigenvalue weighted by Gasteiger charge is -2.32. The summed E-state index contributed by atoms with van der Waals surface area (Å²) in [7, 11) is 8.42. The predicted molar refractivity (Wildman–Crippen MR) is 154 cm³/mol. The van der Waals surface area contributed by atoms with E-state index in [9.17, 15) is 4.79 Å². The number of para-hydroxylation sites is 1. The van der Waals surface area contributed by atoms with E-state index in [0.29, 0.717) is 12.1 Å². The quantitative estimate of drug-likeness (QED) is 0.239. The highest BCUT2D eigenvalue weighted by Crippen LogP contribution is 2.17. The summed E-state index contributed by atoms with van der Waals surface area (Å²) in [6, 6.07) is 19.7. The third kappa shape index (κ3) is 8.97. The van der Waals surface area contributed by atoms with Crippen molar-refractivity contribution in [1.29, 1.82) is 0 Å². The number of aromatic nitrogens is 1. The van der Waals surface area contributed by atoms with Crippen LogP contribution in [0.1, 0.15) is 18.4 Å². The van der Waals surface area contributed by atoms with Gasteiger partial charge in [0.1, 0.15) is 6.04 Å². The predicted octanol–water partition coefficient (Wildman–Crippen LogP) is 3.55. The number of aryl methyl sites for hydroxylation is 1. The number of rotatable bonds is 15. The van der Waals surface area contributed by atoms with Crippen molar-refractivity contribution in [2.24, 2.45) is 0 Å². The number of quaternary nitrogens is 1. The Balaban J connectivity index is 1.69. The van der Waals surface area contributed by atoms with E-state index in [1.165, 1.54) is 5.56 Å². The lowest BCUT2D eigenvalue weighted by Crippen LogP contribution is -2.49. The number of carbonyl (C=O) groups excluding carboxylic acids is 1. The summed E-state index contributed by atoms with van der Waals surface area (Å²) in [5, 5.41) is 14.2. The van der Waals surface area contributed by atoms with Gasteiger partial charge in [0.15, 0.2) is 0 Å². The van der Waals surface area contributed by atoms with Crippen molar-refractivity contribution in [3.63, 3.8) is 0 Å². The maximum atomic E-state index is 13.5. The molecule has 0 aliphatic heterocycles. The van der Waals surface area contributed by atoms with Gasteiger partial charge in [0.05, 0.1) is 50.6 Å². The number of hydrogen-bond donors (Lipinski definition) is 4. The third-order valence-corrected chi connectivity index (χ3v) is 6.86. The number of likely N-dealkylation sites (N-methyl/N-ethyl adjacent to an activating group) is 3. The SMILES string of the molecule is C=C(N[C@H](CCc1ccccc1)C(=O)Nc1cnc2ccccc2c1)C(CC[N+](C)(C)CCNC)NC. The number of pyridine rings is 1. The fourth-order valence-electron chi connectivity index (χ4n) is 4.42. The molecule has 7 heteroatoms. The Morgan fingerprint density at radius 2 is 1.70 bits per heavy atom. The molecule has 0 aliphatic rings. The number of hydrogen-bond acceptors (Lipinski definition) is 5. The second-order valence-electron chi connectivity index (χ2n) is 10.3. The van der Waals surface area contributed by atoms with Crippen molar-refractivity contribution in [3.8, 4) is 0 Å². The molecule has 198 valence electrons. The Bertz CT molecular complexity index is 1150. The molecular weight excluding hydrogens is 460 g/mol. The number of amides is 1. The van der Waals surface area contributed by atoms with Crippen LogP contribution in [0.2, 0.25) is 0 Å². The zero-order valence-electron chi connectivity index (χ0n) is 22.8. The maximum Gasteiger partial charge on any atom is 0.246 e. The van der Waals surface area contributed by atoms with E-state index in [2.05, 4.69) is 59.1 Å². The van der Waals surface area contributed by atoms with Crippen molar-refractivity contribution >= 4 is 22.5 Å². The summed E-state index contributed by atoms with van der Waals surface area (Å²) < 4.78 is 0.916. The molecule has 2 aromatic carbocycles. The summed E-state index contributed by atoms with van der Waals surface area (Å²) in [4.78, 5) is 18.0.